The summed E-state index contributed by atoms with van der Waals surface area (Å²) in [6.07, 6.45) is 2.79. The van der Waals surface area contributed by atoms with E-state index in [1.54, 1.807) is 23.1 Å². The van der Waals surface area contributed by atoms with E-state index in [0.29, 0.717) is 0 Å². The third-order valence-corrected chi connectivity index (χ3v) is 4.22. The molecule has 0 aliphatic heterocycles. The lowest BCUT2D eigenvalue weighted by atomic mass is 10.2. The fourth-order valence-electron chi connectivity index (χ4n) is 1.27. The fourth-order valence-corrected chi connectivity index (χ4v) is 2.98. The van der Waals surface area contributed by atoms with Gasteiger partial charge in [-0.05, 0) is 19.1 Å². The van der Waals surface area contributed by atoms with Gasteiger partial charge in [-0.3, -0.25) is 4.79 Å². The van der Waals surface area contributed by atoms with Gasteiger partial charge in [0.05, 0.1) is 5.01 Å². The van der Waals surface area contributed by atoms with Crippen LogP contribution in [0.15, 0.2) is 35.4 Å². The van der Waals surface area contributed by atoms with Crippen LogP contribution in [0.3, 0.4) is 0 Å². The first-order chi connectivity index (χ1) is 7.78. The van der Waals surface area contributed by atoms with Gasteiger partial charge >= 0.3 is 0 Å². The van der Waals surface area contributed by atoms with Gasteiger partial charge in [-0.15, -0.1) is 23.1 Å². The number of nitrogens with zero attached hydrogens (tertiary/aromatic N) is 1. The topological polar surface area (TPSA) is 30.0 Å². The highest BCUT2D eigenvalue weighted by Gasteiger charge is 2.00. The molecule has 0 saturated heterocycles. The highest BCUT2D eigenvalue weighted by atomic mass is 32.2. The van der Waals surface area contributed by atoms with Gasteiger partial charge in [0.2, 0.25) is 0 Å². The normalized spacial score (nSPS) is 10.3. The summed E-state index contributed by atoms with van der Waals surface area (Å²) < 4.78 is 0. The minimum atomic E-state index is 0.720. The maximum atomic E-state index is 10.5. The number of thioether (sulfide) groups is 1. The van der Waals surface area contributed by atoms with Crippen LogP contribution < -0.4 is 0 Å². The molecule has 1 aromatic heterocycles. The van der Waals surface area contributed by atoms with Gasteiger partial charge in [0.1, 0.15) is 6.29 Å². The predicted molar refractivity (Wildman–Crippen MR) is 68.2 cm³/mol. The smallest absolute Gasteiger partial charge is 0.150 e. The first kappa shape index (κ1) is 11.4. The van der Waals surface area contributed by atoms with Gasteiger partial charge in [-0.25, -0.2) is 4.98 Å². The molecule has 82 valence electrons. The second-order valence-electron chi connectivity index (χ2n) is 3.32. The van der Waals surface area contributed by atoms with Crippen molar-refractivity contribution in [3.05, 3.63) is 45.9 Å². The third kappa shape index (κ3) is 2.93. The molecule has 0 spiro atoms. The molecule has 0 unspecified atom stereocenters. The molecular weight excluding hydrogens is 238 g/mol. The average molecular weight is 249 g/mol. The summed E-state index contributed by atoms with van der Waals surface area (Å²) in [5.74, 6) is 0.936. The number of hydrogen-bond acceptors (Lipinski definition) is 4. The number of aldehydes is 1. The summed E-state index contributed by atoms with van der Waals surface area (Å²) in [7, 11) is 0. The highest BCUT2D eigenvalue weighted by molar-refractivity contribution is 7.98. The number of thiazole rings is 1. The first-order valence-electron chi connectivity index (χ1n) is 4.87. The van der Waals surface area contributed by atoms with Crippen LogP contribution >= 0.6 is 23.1 Å². The molecule has 4 heteroatoms. The molecule has 2 nitrogen and oxygen atoms in total. The third-order valence-electron chi connectivity index (χ3n) is 2.07. The number of aryl methyl sites for hydroxylation is 1. The monoisotopic (exact) mass is 249 g/mol. The van der Waals surface area contributed by atoms with E-state index < -0.39 is 0 Å². The largest absolute Gasteiger partial charge is 0.298 e. The van der Waals surface area contributed by atoms with Gasteiger partial charge in [-0.2, -0.15) is 0 Å². The van der Waals surface area contributed by atoms with Crippen LogP contribution in [0.2, 0.25) is 0 Å². The van der Waals surface area contributed by atoms with Crippen LogP contribution in [0.25, 0.3) is 0 Å². The molecule has 0 atom stereocenters. The average Bonchev–Trinajstić information content (AvgIpc) is 2.73. The lowest BCUT2D eigenvalue weighted by Gasteiger charge is -1.99. The highest BCUT2D eigenvalue weighted by Crippen LogP contribution is 2.25. The van der Waals surface area contributed by atoms with E-state index in [2.05, 4.69) is 4.98 Å². The standard InChI is InChI=1S/C12H11NOS2/c1-9-13-6-12(16-9)8-15-11-4-2-10(7-14)3-5-11/h2-7H,8H2,1H3. The van der Waals surface area contributed by atoms with E-state index in [4.69, 9.17) is 0 Å². The quantitative estimate of drug-likeness (QED) is 0.613. The van der Waals surface area contributed by atoms with Crippen molar-refractivity contribution in [1.82, 2.24) is 4.98 Å². The van der Waals surface area contributed by atoms with Crippen LogP contribution in [-0.2, 0) is 5.75 Å². The number of carbonyl (C=O) groups is 1. The number of aromatic nitrogens is 1. The first-order valence-corrected chi connectivity index (χ1v) is 6.67. The summed E-state index contributed by atoms with van der Waals surface area (Å²) in [5.41, 5.74) is 0.720. The van der Waals surface area contributed by atoms with E-state index in [1.165, 1.54) is 9.77 Å². The van der Waals surface area contributed by atoms with Gasteiger partial charge < -0.3 is 0 Å². The number of hydrogen-bond donors (Lipinski definition) is 0. The Balaban J connectivity index is 1.96. The molecule has 0 amide bonds. The van der Waals surface area contributed by atoms with E-state index >= 15 is 0 Å². The van der Waals surface area contributed by atoms with Crippen LogP contribution in [0.4, 0.5) is 0 Å². The molecule has 0 saturated carbocycles. The molecule has 2 aromatic rings. The molecule has 0 aliphatic rings. The molecule has 1 aromatic carbocycles. The Morgan fingerprint density at radius 3 is 2.69 bits per heavy atom. The molecular formula is C12H11NOS2. The summed E-state index contributed by atoms with van der Waals surface area (Å²) in [6.45, 7) is 2.01. The SMILES string of the molecule is Cc1ncc(CSc2ccc(C=O)cc2)s1. The van der Waals surface area contributed by atoms with Crippen molar-refractivity contribution in [2.24, 2.45) is 0 Å². The zero-order valence-corrected chi connectivity index (χ0v) is 10.5. The maximum Gasteiger partial charge on any atom is 0.150 e. The van der Waals surface area contributed by atoms with Crippen molar-refractivity contribution in [3.8, 4) is 0 Å². The zero-order valence-electron chi connectivity index (χ0n) is 8.84. The summed E-state index contributed by atoms with van der Waals surface area (Å²) in [5, 5.41) is 1.10. The zero-order chi connectivity index (χ0) is 11.4. The Morgan fingerprint density at radius 1 is 1.38 bits per heavy atom. The van der Waals surface area contributed by atoms with Crippen molar-refractivity contribution < 1.29 is 4.79 Å². The minimum absolute atomic E-state index is 0.720. The van der Waals surface area contributed by atoms with Crippen LogP contribution in [-0.4, -0.2) is 11.3 Å². The van der Waals surface area contributed by atoms with Crippen LogP contribution in [0.5, 0.6) is 0 Å². The minimum Gasteiger partial charge on any atom is -0.298 e. The van der Waals surface area contributed by atoms with Crippen molar-refractivity contribution in [3.63, 3.8) is 0 Å². The number of carbonyl (C=O) groups excluding carboxylic acids is 1. The Kier molecular flexibility index (Phi) is 3.74. The van der Waals surface area contributed by atoms with Crippen LogP contribution in [0, 0.1) is 6.92 Å². The number of benzene rings is 1. The van der Waals surface area contributed by atoms with Gasteiger partial charge in [0.25, 0.3) is 0 Å². The second-order valence-corrected chi connectivity index (χ2v) is 5.69. The summed E-state index contributed by atoms with van der Waals surface area (Å²) in [4.78, 5) is 17.2. The van der Waals surface area contributed by atoms with Crippen molar-refractivity contribution >= 4 is 29.4 Å². The molecule has 0 N–H and O–H groups in total. The second kappa shape index (κ2) is 5.27. The Bertz CT molecular complexity index is 476. The molecule has 0 aliphatic carbocycles. The summed E-state index contributed by atoms with van der Waals surface area (Å²) >= 11 is 3.49. The molecule has 0 fully saturated rings. The van der Waals surface area contributed by atoms with Gasteiger partial charge in [-0.1, -0.05) is 12.1 Å². The molecule has 0 radical (unpaired) electrons. The Morgan fingerprint density at radius 2 is 2.12 bits per heavy atom. The Hall–Kier alpha value is -1.13. The fraction of sp³-hybridized carbons (Fsp3) is 0.167. The van der Waals surface area contributed by atoms with Crippen molar-refractivity contribution in [1.29, 1.82) is 0 Å². The van der Waals surface area contributed by atoms with Crippen molar-refractivity contribution in [2.75, 3.05) is 0 Å². The molecule has 1 heterocycles. The predicted octanol–water partition coefficient (Wildman–Crippen LogP) is 3.56. The lowest BCUT2D eigenvalue weighted by Crippen LogP contribution is -1.79. The van der Waals surface area contributed by atoms with E-state index in [0.717, 1.165) is 22.6 Å². The molecule has 16 heavy (non-hydrogen) atoms. The maximum absolute atomic E-state index is 10.5. The summed E-state index contributed by atoms with van der Waals surface area (Å²) in [6, 6.07) is 7.63. The van der Waals surface area contributed by atoms with E-state index in [9.17, 15) is 4.79 Å². The number of rotatable bonds is 4. The molecule has 0 bridgehead atoms. The Labute approximate surface area is 103 Å². The van der Waals surface area contributed by atoms with Gasteiger partial charge in [0, 0.05) is 27.3 Å². The van der Waals surface area contributed by atoms with E-state index in [1.807, 2.05) is 37.4 Å². The van der Waals surface area contributed by atoms with Gasteiger partial charge in [0.15, 0.2) is 0 Å². The lowest BCUT2D eigenvalue weighted by molar-refractivity contribution is 0.112. The van der Waals surface area contributed by atoms with Crippen molar-refractivity contribution in [2.45, 2.75) is 17.6 Å². The van der Waals surface area contributed by atoms with Crippen LogP contribution in [0.1, 0.15) is 20.2 Å². The van der Waals surface area contributed by atoms with E-state index in [-0.39, 0.29) is 0 Å². The molecule has 2 rings (SSSR count).